The van der Waals surface area contributed by atoms with Crippen LogP contribution in [0.1, 0.15) is 10.9 Å². The quantitative estimate of drug-likeness (QED) is 0.605. The Morgan fingerprint density at radius 2 is 2.28 bits per heavy atom. The van der Waals surface area contributed by atoms with E-state index in [1.54, 1.807) is 17.5 Å². The number of carboxylic acid groups (broad SMARTS) is 1. The van der Waals surface area contributed by atoms with Crippen LogP contribution >= 0.6 is 11.3 Å². The lowest BCUT2D eigenvalue weighted by Crippen LogP contribution is -2.30. The van der Waals surface area contributed by atoms with Crippen molar-refractivity contribution in [3.05, 3.63) is 43.2 Å². The molecule has 1 atom stereocenters. The maximum Gasteiger partial charge on any atom is 0.342 e. The van der Waals surface area contributed by atoms with E-state index in [-0.39, 0.29) is 5.82 Å². The fraction of sp³-hybridized carbons (Fsp3) is 0.111. The highest BCUT2D eigenvalue weighted by Gasteiger charge is 2.22. The van der Waals surface area contributed by atoms with E-state index in [0.717, 1.165) is 0 Å². The predicted molar refractivity (Wildman–Crippen MR) is 63.8 cm³/mol. The maximum absolute atomic E-state index is 11.4. The first-order valence-electron chi connectivity index (χ1n) is 4.79. The van der Waals surface area contributed by atoms with Gasteiger partial charge in [0.15, 0.2) is 6.04 Å². The van der Waals surface area contributed by atoms with Crippen LogP contribution in [0.3, 0.4) is 0 Å². The van der Waals surface area contributed by atoms with Crippen LogP contribution in [0.5, 0.6) is 0 Å². The number of H-pyrrole nitrogens is 2. The van der Waals surface area contributed by atoms with Crippen molar-refractivity contribution in [1.82, 2.24) is 15.2 Å². The van der Waals surface area contributed by atoms with Gasteiger partial charge in [-0.15, -0.1) is 16.4 Å². The van der Waals surface area contributed by atoms with Crippen molar-refractivity contribution in [3.63, 3.8) is 0 Å². The predicted octanol–water partition coefficient (Wildman–Crippen LogP) is -0.242. The van der Waals surface area contributed by atoms with Crippen LogP contribution in [0.15, 0.2) is 27.1 Å². The highest BCUT2D eigenvalue weighted by atomic mass is 32.1. The molecule has 0 aliphatic heterocycles. The van der Waals surface area contributed by atoms with Crippen molar-refractivity contribution in [2.75, 3.05) is 5.32 Å². The van der Waals surface area contributed by atoms with Crippen LogP contribution in [0.25, 0.3) is 0 Å². The molecule has 2 heterocycles. The lowest BCUT2D eigenvalue weighted by molar-refractivity contribution is -0.138. The van der Waals surface area contributed by atoms with E-state index in [2.05, 4.69) is 10.4 Å². The first kappa shape index (κ1) is 12.0. The summed E-state index contributed by atoms with van der Waals surface area (Å²) in [7, 11) is 0. The Hall–Kier alpha value is -2.42. The third kappa shape index (κ3) is 2.46. The largest absolute Gasteiger partial charge is 0.479 e. The van der Waals surface area contributed by atoms with Crippen LogP contribution in [-0.4, -0.2) is 26.3 Å². The zero-order chi connectivity index (χ0) is 13.1. The van der Waals surface area contributed by atoms with Gasteiger partial charge in [0.25, 0.3) is 5.56 Å². The van der Waals surface area contributed by atoms with E-state index in [0.29, 0.717) is 4.88 Å². The van der Waals surface area contributed by atoms with E-state index < -0.39 is 23.3 Å². The Balaban J connectivity index is 2.33. The molecule has 0 amide bonds. The van der Waals surface area contributed by atoms with Gasteiger partial charge < -0.3 is 10.4 Å². The molecule has 1 unspecified atom stereocenters. The lowest BCUT2D eigenvalue weighted by Gasteiger charge is -2.11. The molecule has 0 fully saturated rings. The highest BCUT2D eigenvalue weighted by Crippen LogP contribution is 2.21. The van der Waals surface area contributed by atoms with Gasteiger partial charge in [-0.05, 0) is 11.4 Å². The molecular formula is C9H8N4O4S. The number of hydrogen-bond donors (Lipinski definition) is 4. The van der Waals surface area contributed by atoms with Crippen LogP contribution < -0.4 is 16.6 Å². The third-order valence-corrected chi connectivity index (χ3v) is 3.00. The Bertz CT molecular complexity index is 660. The fourth-order valence-corrected chi connectivity index (χ4v) is 2.06. The monoisotopic (exact) mass is 268 g/mol. The number of rotatable bonds is 4. The average molecular weight is 268 g/mol. The van der Waals surface area contributed by atoms with Crippen molar-refractivity contribution >= 4 is 23.1 Å². The molecule has 94 valence electrons. The summed E-state index contributed by atoms with van der Waals surface area (Å²) in [4.78, 5) is 35.7. The molecule has 0 saturated carbocycles. The molecule has 9 heteroatoms. The number of carboxylic acids is 1. The average Bonchev–Trinajstić information content (AvgIpc) is 2.80. The van der Waals surface area contributed by atoms with E-state index >= 15 is 0 Å². The standard InChI is InChI=1S/C9H8N4O4S/c14-7-6(12-13-9(17)11-7)10-5(8(15)16)4-2-1-3-18-4/h1-3,5H,(H,10,12)(H,15,16)(H2,11,13,14,17). The second-order valence-corrected chi connectivity index (χ2v) is 4.27. The molecule has 0 bridgehead atoms. The summed E-state index contributed by atoms with van der Waals surface area (Å²) in [5.41, 5.74) is -1.53. The lowest BCUT2D eigenvalue weighted by atomic mass is 10.2. The van der Waals surface area contributed by atoms with E-state index in [1.807, 2.05) is 10.1 Å². The van der Waals surface area contributed by atoms with Gasteiger partial charge in [-0.25, -0.2) is 14.7 Å². The zero-order valence-electron chi connectivity index (χ0n) is 8.84. The molecule has 0 aliphatic carbocycles. The smallest absolute Gasteiger partial charge is 0.342 e. The number of aromatic amines is 2. The number of aliphatic carboxylic acids is 1. The molecule has 0 aromatic carbocycles. The van der Waals surface area contributed by atoms with Crippen molar-refractivity contribution in [1.29, 1.82) is 0 Å². The van der Waals surface area contributed by atoms with Gasteiger partial charge in [0.05, 0.1) is 0 Å². The minimum atomic E-state index is -1.15. The summed E-state index contributed by atoms with van der Waals surface area (Å²) in [6, 6.07) is 2.22. The molecule has 0 radical (unpaired) electrons. The van der Waals surface area contributed by atoms with E-state index in [9.17, 15) is 14.4 Å². The van der Waals surface area contributed by atoms with Crippen LogP contribution in [0.2, 0.25) is 0 Å². The summed E-state index contributed by atoms with van der Waals surface area (Å²) >= 11 is 1.23. The van der Waals surface area contributed by atoms with Crippen LogP contribution in [0, 0.1) is 0 Å². The van der Waals surface area contributed by atoms with E-state index in [1.165, 1.54) is 11.3 Å². The summed E-state index contributed by atoms with van der Waals surface area (Å²) < 4.78 is 0. The fourth-order valence-electron chi connectivity index (χ4n) is 1.29. The van der Waals surface area contributed by atoms with Gasteiger partial charge in [-0.1, -0.05) is 6.07 Å². The number of nitrogens with zero attached hydrogens (tertiary/aromatic N) is 1. The number of nitrogens with one attached hydrogen (secondary N) is 3. The Morgan fingerprint density at radius 1 is 1.50 bits per heavy atom. The van der Waals surface area contributed by atoms with Crippen molar-refractivity contribution in [2.45, 2.75) is 6.04 Å². The van der Waals surface area contributed by atoms with Gasteiger partial charge in [0.2, 0.25) is 5.82 Å². The van der Waals surface area contributed by atoms with Gasteiger partial charge >= 0.3 is 11.7 Å². The summed E-state index contributed by atoms with van der Waals surface area (Å²) in [5.74, 6) is -1.40. The number of aromatic nitrogens is 3. The molecule has 2 aromatic heterocycles. The van der Waals surface area contributed by atoms with Crippen molar-refractivity contribution < 1.29 is 9.90 Å². The van der Waals surface area contributed by atoms with E-state index in [4.69, 9.17) is 5.11 Å². The second-order valence-electron chi connectivity index (χ2n) is 3.29. The number of thiophene rings is 1. The van der Waals surface area contributed by atoms with Gasteiger partial charge in [0, 0.05) is 4.88 Å². The number of carbonyl (C=O) groups is 1. The Kier molecular flexibility index (Phi) is 3.24. The highest BCUT2D eigenvalue weighted by molar-refractivity contribution is 7.10. The Labute approximate surface area is 103 Å². The SMILES string of the molecule is O=C(O)C(Nc1n[nH]c(=O)[nH]c1=O)c1cccs1. The maximum atomic E-state index is 11.4. The van der Waals surface area contributed by atoms with Gasteiger partial charge in [0.1, 0.15) is 0 Å². The second kappa shape index (κ2) is 4.84. The molecule has 4 N–H and O–H groups in total. The number of anilines is 1. The summed E-state index contributed by atoms with van der Waals surface area (Å²) in [5, 5.41) is 18.7. The molecular weight excluding hydrogens is 260 g/mol. The van der Waals surface area contributed by atoms with Crippen LogP contribution in [0.4, 0.5) is 5.82 Å². The molecule has 0 saturated heterocycles. The zero-order valence-corrected chi connectivity index (χ0v) is 9.65. The molecule has 0 aliphatic rings. The summed E-state index contributed by atoms with van der Waals surface area (Å²) in [6.45, 7) is 0. The third-order valence-electron chi connectivity index (χ3n) is 2.07. The van der Waals surface area contributed by atoms with Crippen molar-refractivity contribution in [3.8, 4) is 0 Å². The van der Waals surface area contributed by atoms with Gasteiger partial charge in [-0.3, -0.25) is 9.78 Å². The summed E-state index contributed by atoms with van der Waals surface area (Å²) in [6.07, 6.45) is 0. The minimum absolute atomic E-state index is 0.254. The topological polar surface area (TPSA) is 128 Å². The van der Waals surface area contributed by atoms with Crippen LogP contribution in [-0.2, 0) is 4.79 Å². The minimum Gasteiger partial charge on any atom is -0.479 e. The van der Waals surface area contributed by atoms with Crippen molar-refractivity contribution in [2.24, 2.45) is 0 Å². The molecule has 2 rings (SSSR count). The first-order chi connectivity index (χ1) is 8.58. The normalized spacial score (nSPS) is 12.0. The number of hydrogen-bond acceptors (Lipinski definition) is 6. The molecule has 2 aromatic rings. The molecule has 0 spiro atoms. The first-order valence-corrected chi connectivity index (χ1v) is 5.67. The van der Waals surface area contributed by atoms with Gasteiger partial charge in [-0.2, -0.15) is 0 Å². The molecule has 18 heavy (non-hydrogen) atoms. The Morgan fingerprint density at radius 3 is 2.83 bits per heavy atom. The molecule has 8 nitrogen and oxygen atoms in total.